The molecule has 0 aromatic carbocycles. The summed E-state index contributed by atoms with van der Waals surface area (Å²) >= 11 is 0. The average Bonchev–Trinajstić information content (AvgIpc) is 2.77. The first-order chi connectivity index (χ1) is 7.16. The van der Waals surface area contributed by atoms with Crippen molar-refractivity contribution in [3.8, 4) is 0 Å². The van der Waals surface area contributed by atoms with E-state index in [0.29, 0.717) is 11.5 Å². The normalized spacial score (nSPS) is 25.5. The highest BCUT2D eigenvalue weighted by Crippen LogP contribution is 2.17. The fourth-order valence-electron chi connectivity index (χ4n) is 1.88. The van der Waals surface area contributed by atoms with E-state index in [2.05, 4.69) is 10.5 Å². The second kappa shape index (κ2) is 4.02. The Labute approximate surface area is 88.0 Å². The van der Waals surface area contributed by atoms with Crippen LogP contribution in [0, 0.1) is 6.92 Å². The predicted octanol–water partition coefficient (Wildman–Crippen LogP) is 0.593. The van der Waals surface area contributed by atoms with Gasteiger partial charge in [0, 0.05) is 18.2 Å². The van der Waals surface area contributed by atoms with Crippen LogP contribution in [0.3, 0.4) is 0 Å². The molecule has 5 heteroatoms. The van der Waals surface area contributed by atoms with Gasteiger partial charge in [-0.15, -0.1) is 0 Å². The Morgan fingerprint density at radius 2 is 2.47 bits per heavy atom. The maximum Gasteiger partial charge on any atom is 0.273 e. The standard InChI is InChI=1S/C10H15N3O2/c1-6-5-9(13-15-6)10(14)12-8-4-2-3-7(8)11/h5,7-8H,2-4,11H2,1H3,(H,12,14). The Hall–Kier alpha value is -1.36. The number of hydrogen-bond donors (Lipinski definition) is 2. The second-order valence-corrected chi connectivity index (χ2v) is 4.00. The Morgan fingerprint density at radius 3 is 3.00 bits per heavy atom. The summed E-state index contributed by atoms with van der Waals surface area (Å²) in [4.78, 5) is 11.7. The Kier molecular flexibility index (Phi) is 2.73. The zero-order valence-electron chi connectivity index (χ0n) is 8.69. The summed E-state index contributed by atoms with van der Waals surface area (Å²) in [5, 5.41) is 6.53. The van der Waals surface area contributed by atoms with Gasteiger partial charge in [0.1, 0.15) is 5.76 Å². The molecule has 3 N–H and O–H groups in total. The van der Waals surface area contributed by atoms with Crippen molar-refractivity contribution in [2.24, 2.45) is 5.73 Å². The van der Waals surface area contributed by atoms with Crippen LogP contribution in [0.2, 0.25) is 0 Å². The van der Waals surface area contributed by atoms with Crippen molar-refractivity contribution in [1.29, 1.82) is 0 Å². The third-order valence-corrected chi connectivity index (χ3v) is 2.75. The van der Waals surface area contributed by atoms with Crippen LogP contribution in [-0.4, -0.2) is 23.1 Å². The minimum atomic E-state index is -0.200. The molecule has 0 bridgehead atoms. The maximum atomic E-state index is 11.7. The third kappa shape index (κ3) is 2.18. The molecule has 0 saturated heterocycles. The molecule has 1 fully saturated rings. The molecule has 5 nitrogen and oxygen atoms in total. The molecule has 1 aliphatic rings. The number of rotatable bonds is 2. The molecule has 0 radical (unpaired) electrons. The summed E-state index contributed by atoms with van der Waals surface area (Å²) in [7, 11) is 0. The van der Waals surface area contributed by atoms with Crippen LogP contribution in [0.4, 0.5) is 0 Å². The summed E-state index contributed by atoms with van der Waals surface area (Å²) in [6, 6.07) is 1.77. The first-order valence-corrected chi connectivity index (χ1v) is 5.16. The van der Waals surface area contributed by atoms with Crippen LogP contribution in [0.25, 0.3) is 0 Å². The van der Waals surface area contributed by atoms with Crippen molar-refractivity contribution < 1.29 is 9.32 Å². The SMILES string of the molecule is Cc1cc(C(=O)NC2CCCC2N)no1. The number of nitrogens with zero attached hydrogens (tertiary/aromatic N) is 1. The van der Waals surface area contributed by atoms with Gasteiger partial charge in [0.15, 0.2) is 5.69 Å². The maximum absolute atomic E-state index is 11.7. The third-order valence-electron chi connectivity index (χ3n) is 2.75. The number of amides is 1. The van der Waals surface area contributed by atoms with Gasteiger partial charge in [-0.25, -0.2) is 0 Å². The molecular formula is C10H15N3O2. The molecule has 2 rings (SSSR count). The van der Waals surface area contributed by atoms with Crippen LogP contribution in [0.1, 0.15) is 35.5 Å². The van der Waals surface area contributed by atoms with Crippen molar-refractivity contribution in [2.75, 3.05) is 0 Å². The van der Waals surface area contributed by atoms with E-state index < -0.39 is 0 Å². The molecule has 1 aliphatic carbocycles. The predicted molar refractivity (Wildman–Crippen MR) is 54.3 cm³/mol. The fraction of sp³-hybridized carbons (Fsp3) is 0.600. The van der Waals surface area contributed by atoms with Crippen molar-refractivity contribution >= 4 is 5.91 Å². The number of nitrogens with two attached hydrogens (primary N) is 1. The van der Waals surface area contributed by atoms with Gasteiger partial charge in [-0.2, -0.15) is 0 Å². The largest absolute Gasteiger partial charge is 0.361 e. The zero-order chi connectivity index (χ0) is 10.8. The molecular weight excluding hydrogens is 194 g/mol. The van der Waals surface area contributed by atoms with Gasteiger partial charge in [-0.3, -0.25) is 4.79 Å². The lowest BCUT2D eigenvalue weighted by Gasteiger charge is -2.15. The van der Waals surface area contributed by atoms with Gasteiger partial charge in [0.25, 0.3) is 5.91 Å². The van der Waals surface area contributed by atoms with Gasteiger partial charge in [0.2, 0.25) is 0 Å². The summed E-state index contributed by atoms with van der Waals surface area (Å²) < 4.78 is 4.83. The van der Waals surface area contributed by atoms with Crippen molar-refractivity contribution in [2.45, 2.75) is 38.3 Å². The number of carbonyl (C=O) groups excluding carboxylic acids is 1. The summed E-state index contributed by atoms with van der Waals surface area (Å²) in [5.74, 6) is 0.435. The van der Waals surface area contributed by atoms with E-state index in [4.69, 9.17) is 10.3 Å². The van der Waals surface area contributed by atoms with Crippen LogP contribution < -0.4 is 11.1 Å². The molecule has 1 heterocycles. The first-order valence-electron chi connectivity index (χ1n) is 5.16. The number of carbonyl (C=O) groups is 1. The molecule has 2 atom stereocenters. The number of nitrogens with one attached hydrogen (secondary N) is 1. The first kappa shape index (κ1) is 10.2. The lowest BCUT2D eigenvalue weighted by molar-refractivity contribution is 0.0925. The number of aromatic nitrogens is 1. The van der Waals surface area contributed by atoms with Crippen molar-refractivity contribution in [1.82, 2.24) is 10.5 Å². The molecule has 0 aliphatic heterocycles. The molecule has 1 aromatic rings. The van der Waals surface area contributed by atoms with Crippen LogP contribution in [-0.2, 0) is 0 Å². The average molecular weight is 209 g/mol. The van der Waals surface area contributed by atoms with E-state index in [1.54, 1.807) is 13.0 Å². The highest BCUT2D eigenvalue weighted by atomic mass is 16.5. The minimum Gasteiger partial charge on any atom is -0.361 e. The number of aryl methyl sites for hydroxylation is 1. The quantitative estimate of drug-likeness (QED) is 0.747. The van der Waals surface area contributed by atoms with Crippen LogP contribution in [0.5, 0.6) is 0 Å². The molecule has 1 aromatic heterocycles. The van der Waals surface area contributed by atoms with Crippen LogP contribution in [0.15, 0.2) is 10.6 Å². The number of hydrogen-bond acceptors (Lipinski definition) is 4. The second-order valence-electron chi connectivity index (χ2n) is 4.00. The van der Waals surface area contributed by atoms with E-state index in [1.807, 2.05) is 0 Å². The van der Waals surface area contributed by atoms with Crippen molar-refractivity contribution in [3.63, 3.8) is 0 Å². The minimum absolute atomic E-state index is 0.0712. The Balaban J connectivity index is 1.97. The molecule has 0 spiro atoms. The van der Waals surface area contributed by atoms with Gasteiger partial charge < -0.3 is 15.6 Å². The summed E-state index contributed by atoms with van der Waals surface area (Å²) in [5.41, 5.74) is 6.18. The van der Waals surface area contributed by atoms with Gasteiger partial charge in [-0.1, -0.05) is 5.16 Å². The topological polar surface area (TPSA) is 81.2 Å². The van der Waals surface area contributed by atoms with Crippen LogP contribution >= 0.6 is 0 Å². The van der Waals surface area contributed by atoms with Gasteiger partial charge in [-0.05, 0) is 26.2 Å². The Bertz CT molecular complexity index is 361. The van der Waals surface area contributed by atoms with E-state index in [1.165, 1.54) is 0 Å². The molecule has 15 heavy (non-hydrogen) atoms. The van der Waals surface area contributed by atoms with Gasteiger partial charge >= 0.3 is 0 Å². The van der Waals surface area contributed by atoms with E-state index in [-0.39, 0.29) is 18.0 Å². The van der Waals surface area contributed by atoms with E-state index >= 15 is 0 Å². The highest BCUT2D eigenvalue weighted by molar-refractivity contribution is 5.92. The Morgan fingerprint density at radius 1 is 1.67 bits per heavy atom. The van der Waals surface area contributed by atoms with Crippen molar-refractivity contribution in [3.05, 3.63) is 17.5 Å². The molecule has 2 unspecified atom stereocenters. The fourth-order valence-corrected chi connectivity index (χ4v) is 1.88. The zero-order valence-corrected chi connectivity index (χ0v) is 8.69. The monoisotopic (exact) mass is 209 g/mol. The van der Waals surface area contributed by atoms with E-state index in [9.17, 15) is 4.79 Å². The highest BCUT2D eigenvalue weighted by Gasteiger charge is 2.26. The summed E-state index contributed by atoms with van der Waals surface area (Å²) in [6.07, 6.45) is 3.00. The molecule has 1 amide bonds. The van der Waals surface area contributed by atoms with E-state index in [0.717, 1.165) is 19.3 Å². The lowest BCUT2D eigenvalue weighted by atomic mass is 10.2. The lowest BCUT2D eigenvalue weighted by Crippen LogP contribution is -2.44. The summed E-state index contributed by atoms with van der Waals surface area (Å²) in [6.45, 7) is 1.76. The smallest absolute Gasteiger partial charge is 0.273 e. The van der Waals surface area contributed by atoms with Gasteiger partial charge in [0.05, 0.1) is 0 Å². The molecule has 82 valence electrons. The molecule has 1 saturated carbocycles.